The molecule has 0 aliphatic heterocycles. The van der Waals surface area contributed by atoms with Crippen LogP contribution in [0.15, 0.2) is 23.3 Å². The Bertz CT molecular complexity index is 941. The van der Waals surface area contributed by atoms with Crippen LogP contribution in [0, 0.1) is 5.92 Å². The molecule has 0 saturated heterocycles. The van der Waals surface area contributed by atoms with E-state index in [1.165, 1.54) is 0 Å². The van der Waals surface area contributed by atoms with Crippen LogP contribution in [-0.2, 0) is 16.3 Å². The summed E-state index contributed by atoms with van der Waals surface area (Å²) in [5.41, 5.74) is 0.655. The number of fused-ring (bicyclic) bond motifs is 1. The van der Waals surface area contributed by atoms with Crippen molar-refractivity contribution in [3.63, 3.8) is 0 Å². The normalized spacial score (nSPS) is 19.6. The van der Waals surface area contributed by atoms with Gasteiger partial charge in [0.25, 0.3) is 5.56 Å². The zero-order valence-corrected chi connectivity index (χ0v) is 20.2. The van der Waals surface area contributed by atoms with Crippen molar-refractivity contribution in [1.82, 2.24) is 19.2 Å². The maximum atomic E-state index is 13.1. The molecule has 0 bridgehead atoms. The molecule has 9 heteroatoms. The predicted molar refractivity (Wildman–Crippen MR) is 124 cm³/mol. The van der Waals surface area contributed by atoms with E-state index >= 15 is 0 Å². The number of carbonyl (C=O) groups is 1. The van der Waals surface area contributed by atoms with Crippen LogP contribution < -0.4 is 5.56 Å². The van der Waals surface area contributed by atoms with Gasteiger partial charge in [-0.25, -0.2) is 4.68 Å². The van der Waals surface area contributed by atoms with E-state index in [4.69, 9.17) is 9.84 Å². The van der Waals surface area contributed by atoms with Gasteiger partial charge in [0.15, 0.2) is 0 Å². The number of aromatic nitrogens is 3. The second-order valence-corrected chi connectivity index (χ2v) is 15.5. The minimum absolute atomic E-state index is 0.0238. The van der Waals surface area contributed by atoms with E-state index in [9.17, 15) is 9.59 Å². The van der Waals surface area contributed by atoms with Crippen LogP contribution in [0.2, 0.25) is 25.7 Å². The van der Waals surface area contributed by atoms with Gasteiger partial charge in [-0.2, -0.15) is 5.10 Å². The van der Waals surface area contributed by atoms with E-state index in [2.05, 4.69) is 24.7 Å². The molecule has 1 fully saturated rings. The van der Waals surface area contributed by atoms with Crippen LogP contribution in [-0.4, -0.2) is 65.1 Å². The third-order valence-electron chi connectivity index (χ3n) is 6.12. The summed E-state index contributed by atoms with van der Waals surface area (Å²) < 4.78 is 9.26. The number of hydrogen-bond acceptors (Lipinski definition) is 5. The van der Waals surface area contributed by atoms with Crippen LogP contribution in [0.4, 0.5) is 0 Å². The summed E-state index contributed by atoms with van der Waals surface area (Å²) in [4.78, 5) is 27.1. The monoisotopic (exact) mass is 448 g/mol. The molecule has 2 aromatic rings. The Morgan fingerprint density at radius 3 is 2.65 bits per heavy atom. The molecule has 1 saturated carbocycles. The molecule has 0 atom stereocenters. The zero-order chi connectivity index (χ0) is 22.6. The first-order valence-electron chi connectivity index (χ1n) is 11.2. The SMILES string of the molecule is CN(CCO)C(=O)[C@H]1CC[C@@H](n2ccc3nn(COCC[Si](C)(C)C)cc3c2=O)CC1. The Morgan fingerprint density at radius 1 is 1.29 bits per heavy atom. The average molecular weight is 449 g/mol. The topological polar surface area (TPSA) is 89.6 Å². The molecule has 2 aromatic heterocycles. The molecule has 3 rings (SSSR count). The van der Waals surface area contributed by atoms with Crippen molar-refractivity contribution in [3.05, 3.63) is 28.8 Å². The summed E-state index contributed by atoms with van der Waals surface area (Å²) in [7, 11) is 0.603. The fraction of sp³-hybridized carbons (Fsp3) is 0.682. The number of hydrogen-bond donors (Lipinski definition) is 1. The largest absolute Gasteiger partial charge is 0.395 e. The van der Waals surface area contributed by atoms with Gasteiger partial charge in [0.2, 0.25) is 5.91 Å². The Morgan fingerprint density at radius 2 is 2.00 bits per heavy atom. The summed E-state index contributed by atoms with van der Waals surface area (Å²) in [5.74, 6) is 0.0639. The third kappa shape index (κ3) is 6.05. The Kier molecular flexibility index (Phi) is 7.71. The lowest BCUT2D eigenvalue weighted by atomic mass is 9.85. The third-order valence-corrected chi connectivity index (χ3v) is 7.82. The molecule has 1 aliphatic carbocycles. The molecule has 1 aliphatic rings. The van der Waals surface area contributed by atoms with Gasteiger partial charge in [0.1, 0.15) is 6.73 Å². The van der Waals surface area contributed by atoms with E-state index in [1.54, 1.807) is 27.4 Å². The number of ether oxygens (including phenoxy) is 1. The van der Waals surface area contributed by atoms with Crippen molar-refractivity contribution in [2.24, 2.45) is 5.92 Å². The molecule has 2 heterocycles. The van der Waals surface area contributed by atoms with Crippen molar-refractivity contribution in [3.8, 4) is 0 Å². The van der Waals surface area contributed by atoms with Gasteiger partial charge < -0.3 is 19.3 Å². The van der Waals surface area contributed by atoms with Gasteiger partial charge >= 0.3 is 0 Å². The maximum Gasteiger partial charge on any atom is 0.261 e. The van der Waals surface area contributed by atoms with Crippen LogP contribution in [0.5, 0.6) is 0 Å². The molecule has 1 amide bonds. The molecular weight excluding hydrogens is 412 g/mol. The number of rotatable bonds is 9. The first kappa shape index (κ1) is 23.7. The van der Waals surface area contributed by atoms with E-state index in [0.717, 1.165) is 31.7 Å². The average Bonchev–Trinajstić information content (AvgIpc) is 3.15. The van der Waals surface area contributed by atoms with E-state index in [-0.39, 0.29) is 30.0 Å². The highest BCUT2D eigenvalue weighted by Gasteiger charge is 2.29. The van der Waals surface area contributed by atoms with Gasteiger partial charge in [-0.3, -0.25) is 9.59 Å². The first-order valence-corrected chi connectivity index (χ1v) is 14.9. The first-order chi connectivity index (χ1) is 14.7. The smallest absolute Gasteiger partial charge is 0.261 e. The number of likely N-dealkylation sites (N-methyl/N-ethyl adjacent to an activating group) is 1. The standard InChI is InChI=1S/C22H36N4O4Si/c1-24(11-12-27)21(28)17-5-7-18(8-6-17)26-10-9-20-19(22(26)29)15-25(23-20)16-30-13-14-31(2,3)4/h9-10,15,17-18,27H,5-8,11-14,16H2,1-4H3/t17-,18+. The summed E-state index contributed by atoms with van der Waals surface area (Å²) >= 11 is 0. The summed E-state index contributed by atoms with van der Waals surface area (Å²) in [5, 5.41) is 14.1. The molecule has 0 aromatic carbocycles. The molecule has 0 radical (unpaired) electrons. The van der Waals surface area contributed by atoms with Crippen LogP contribution in [0.25, 0.3) is 10.9 Å². The number of amides is 1. The van der Waals surface area contributed by atoms with Gasteiger partial charge in [-0.05, 0) is 37.8 Å². The summed E-state index contributed by atoms with van der Waals surface area (Å²) in [6, 6.07) is 3.09. The lowest BCUT2D eigenvalue weighted by Gasteiger charge is -2.31. The maximum absolute atomic E-state index is 13.1. The van der Waals surface area contributed by atoms with Crippen molar-refractivity contribution in [1.29, 1.82) is 0 Å². The number of aliphatic hydroxyl groups excluding tert-OH is 1. The fourth-order valence-corrected chi connectivity index (χ4v) is 4.90. The number of aliphatic hydroxyl groups is 1. The lowest BCUT2D eigenvalue weighted by Crippen LogP contribution is -2.37. The molecule has 1 N–H and O–H groups in total. The van der Waals surface area contributed by atoms with E-state index in [0.29, 0.717) is 30.8 Å². The molecule has 0 spiro atoms. The van der Waals surface area contributed by atoms with Gasteiger partial charge in [-0.15, -0.1) is 0 Å². The molecule has 31 heavy (non-hydrogen) atoms. The zero-order valence-electron chi connectivity index (χ0n) is 19.2. The van der Waals surface area contributed by atoms with Crippen LogP contribution >= 0.6 is 0 Å². The van der Waals surface area contributed by atoms with E-state index in [1.807, 2.05) is 12.3 Å². The van der Waals surface area contributed by atoms with Crippen molar-refractivity contribution in [2.45, 2.75) is 64.1 Å². The van der Waals surface area contributed by atoms with Crippen LogP contribution in [0.3, 0.4) is 0 Å². The van der Waals surface area contributed by atoms with Crippen molar-refractivity contribution < 1.29 is 14.6 Å². The Hall–Kier alpha value is -1.97. The molecule has 8 nitrogen and oxygen atoms in total. The molecule has 0 unspecified atom stereocenters. The Balaban J connectivity index is 1.63. The highest BCUT2D eigenvalue weighted by atomic mass is 28.3. The summed E-state index contributed by atoms with van der Waals surface area (Å²) in [6.07, 6.45) is 6.72. The quantitative estimate of drug-likeness (QED) is 0.471. The Labute approximate surface area is 184 Å². The van der Waals surface area contributed by atoms with Crippen molar-refractivity contribution in [2.75, 3.05) is 26.8 Å². The number of carbonyl (C=O) groups excluding carboxylic acids is 1. The number of nitrogens with zero attached hydrogens (tertiary/aromatic N) is 4. The van der Waals surface area contributed by atoms with Crippen molar-refractivity contribution >= 4 is 24.9 Å². The van der Waals surface area contributed by atoms with E-state index < -0.39 is 8.07 Å². The highest BCUT2D eigenvalue weighted by Crippen LogP contribution is 2.32. The second kappa shape index (κ2) is 10.1. The second-order valence-electron chi connectivity index (χ2n) is 9.83. The lowest BCUT2D eigenvalue weighted by molar-refractivity contribution is -0.135. The summed E-state index contributed by atoms with van der Waals surface area (Å²) in [6.45, 7) is 8.36. The minimum Gasteiger partial charge on any atom is -0.395 e. The van der Waals surface area contributed by atoms with Gasteiger partial charge in [-0.1, -0.05) is 19.6 Å². The molecule has 172 valence electrons. The van der Waals surface area contributed by atoms with Gasteiger partial charge in [0.05, 0.1) is 17.5 Å². The van der Waals surface area contributed by atoms with Gasteiger partial charge in [0, 0.05) is 52.6 Å². The van der Waals surface area contributed by atoms with Crippen LogP contribution in [0.1, 0.15) is 31.7 Å². The fourth-order valence-electron chi connectivity index (χ4n) is 4.14. The molecular formula is C22H36N4O4Si. The predicted octanol–water partition coefficient (Wildman–Crippen LogP) is 2.69. The highest BCUT2D eigenvalue weighted by molar-refractivity contribution is 6.76. The minimum atomic E-state index is -1.13. The number of pyridine rings is 1.